The van der Waals surface area contributed by atoms with Crippen molar-refractivity contribution in [1.29, 1.82) is 0 Å². The second kappa shape index (κ2) is 9.89. The van der Waals surface area contributed by atoms with Crippen LogP contribution in [-0.4, -0.2) is 45.5 Å². The van der Waals surface area contributed by atoms with Crippen molar-refractivity contribution in [2.75, 3.05) is 33.5 Å². The highest BCUT2D eigenvalue weighted by atomic mass is 16.6. The fourth-order valence-electron chi connectivity index (χ4n) is 0.876. The smallest absolute Gasteiger partial charge is 0.307 e. The van der Waals surface area contributed by atoms with Crippen LogP contribution in [0.1, 0.15) is 19.8 Å². The largest absolute Gasteiger partial charge is 0.463 e. The molecule has 0 saturated heterocycles. The van der Waals surface area contributed by atoms with Crippen LogP contribution in [0, 0.1) is 0 Å². The highest BCUT2D eigenvalue weighted by Crippen LogP contribution is 1.95. The van der Waals surface area contributed by atoms with Crippen molar-refractivity contribution in [2.24, 2.45) is 5.73 Å². The first-order valence-corrected chi connectivity index (χ1v) is 5.18. The maximum Gasteiger partial charge on any atom is 0.307 e. The Morgan fingerprint density at radius 1 is 1.27 bits per heavy atom. The standard InChI is InChI=1S/C10H21NO4/c1-3-9(11)8-10(12)15-7-6-14-5-4-13-2/h9H,3-8,11H2,1-2H3. The normalized spacial score (nSPS) is 12.5. The molecule has 0 fully saturated rings. The molecule has 0 spiro atoms. The lowest BCUT2D eigenvalue weighted by Crippen LogP contribution is -2.24. The Labute approximate surface area is 90.9 Å². The van der Waals surface area contributed by atoms with E-state index in [-0.39, 0.29) is 25.0 Å². The molecule has 5 heteroatoms. The third kappa shape index (κ3) is 9.65. The van der Waals surface area contributed by atoms with Gasteiger partial charge in [0.2, 0.25) is 0 Å². The number of rotatable bonds is 9. The van der Waals surface area contributed by atoms with Gasteiger partial charge in [-0.15, -0.1) is 0 Å². The van der Waals surface area contributed by atoms with Crippen LogP contribution in [-0.2, 0) is 19.0 Å². The average Bonchev–Trinajstić information content (AvgIpc) is 2.23. The van der Waals surface area contributed by atoms with Gasteiger partial charge in [-0.3, -0.25) is 4.79 Å². The van der Waals surface area contributed by atoms with Crippen molar-refractivity contribution in [1.82, 2.24) is 0 Å². The first-order valence-electron chi connectivity index (χ1n) is 5.18. The zero-order valence-corrected chi connectivity index (χ0v) is 9.53. The summed E-state index contributed by atoms with van der Waals surface area (Å²) in [6.45, 7) is 3.68. The molecular formula is C10H21NO4. The highest BCUT2D eigenvalue weighted by molar-refractivity contribution is 5.70. The number of carbonyl (C=O) groups excluding carboxylic acids is 1. The van der Waals surface area contributed by atoms with Crippen molar-refractivity contribution in [2.45, 2.75) is 25.8 Å². The molecule has 1 unspecified atom stereocenters. The van der Waals surface area contributed by atoms with E-state index in [1.54, 1.807) is 7.11 Å². The topological polar surface area (TPSA) is 70.8 Å². The summed E-state index contributed by atoms with van der Waals surface area (Å²) < 4.78 is 14.8. The third-order valence-corrected chi connectivity index (χ3v) is 1.88. The number of nitrogens with two attached hydrogens (primary N) is 1. The minimum absolute atomic E-state index is 0.105. The minimum atomic E-state index is -0.264. The Hall–Kier alpha value is -0.650. The Kier molecular flexibility index (Phi) is 9.46. The van der Waals surface area contributed by atoms with Gasteiger partial charge < -0.3 is 19.9 Å². The van der Waals surface area contributed by atoms with E-state index in [2.05, 4.69) is 0 Å². The predicted molar refractivity (Wildman–Crippen MR) is 56.5 cm³/mol. The van der Waals surface area contributed by atoms with Crippen LogP contribution in [0.3, 0.4) is 0 Å². The third-order valence-electron chi connectivity index (χ3n) is 1.88. The lowest BCUT2D eigenvalue weighted by atomic mass is 10.2. The molecule has 0 bridgehead atoms. The van der Waals surface area contributed by atoms with Crippen molar-refractivity contribution in [3.05, 3.63) is 0 Å². The molecule has 1 atom stereocenters. The van der Waals surface area contributed by atoms with Gasteiger partial charge in [0.15, 0.2) is 0 Å². The molecule has 5 nitrogen and oxygen atoms in total. The monoisotopic (exact) mass is 219 g/mol. The second-order valence-corrected chi connectivity index (χ2v) is 3.20. The molecule has 0 amide bonds. The number of esters is 1. The molecule has 0 aromatic heterocycles. The average molecular weight is 219 g/mol. The minimum Gasteiger partial charge on any atom is -0.463 e. The van der Waals surface area contributed by atoms with Gasteiger partial charge in [0.05, 0.1) is 26.2 Å². The first kappa shape index (κ1) is 14.3. The van der Waals surface area contributed by atoms with Crippen molar-refractivity contribution < 1.29 is 19.0 Å². The predicted octanol–water partition coefficient (Wildman–Crippen LogP) is 0.320. The zero-order chi connectivity index (χ0) is 11.5. The van der Waals surface area contributed by atoms with Crippen LogP contribution in [0.15, 0.2) is 0 Å². The van der Waals surface area contributed by atoms with Crippen molar-refractivity contribution in [3.63, 3.8) is 0 Å². The summed E-state index contributed by atoms with van der Waals surface area (Å²) in [4.78, 5) is 11.1. The molecule has 0 saturated carbocycles. The van der Waals surface area contributed by atoms with Crippen molar-refractivity contribution in [3.8, 4) is 0 Å². The number of methoxy groups -OCH3 is 1. The van der Waals surface area contributed by atoms with E-state index in [1.165, 1.54) is 0 Å². The summed E-state index contributed by atoms with van der Waals surface area (Å²) in [7, 11) is 1.61. The van der Waals surface area contributed by atoms with Crippen LogP contribution in [0.2, 0.25) is 0 Å². The van der Waals surface area contributed by atoms with Gasteiger partial charge in [-0.05, 0) is 6.42 Å². The number of ether oxygens (including phenoxy) is 3. The number of carbonyl (C=O) groups is 1. The lowest BCUT2D eigenvalue weighted by Gasteiger charge is -2.08. The molecule has 0 aliphatic heterocycles. The summed E-state index contributed by atoms with van der Waals surface area (Å²) in [6.07, 6.45) is 1.05. The van der Waals surface area contributed by atoms with Crippen molar-refractivity contribution >= 4 is 5.97 Å². The Morgan fingerprint density at radius 2 is 1.93 bits per heavy atom. The fourth-order valence-corrected chi connectivity index (χ4v) is 0.876. The summed E-state index contributed by atoms with van der Waals surface area (Å²) in [5.74, 6) is -0.264. The van der Waals surface area contributed by atoms with Gasteiger partial charge in [-0.1, -0.05) is 6.92 Å². The fraction of sp³-hybridized carbons (Fsp3) is 0.900. The molecule has 0 aliphatic rings. The number of hydrogen-bond acceptors (Lipinski definition) is 5. The first-order chi connectivity index (χ1) is 7.20. The van der Waals surface area contributed by atoms with E-state index in [1.807, 2.05) is 6.92 Å². The van der Waals surface area contributed by atoms with Crippen LogP contribution in [0.25, 0.3) is 0 Å². The van der Waals surface area contributed by atoms with Gasteiger partial charge in [0, 0.05) is 13.2 Å². The Morgan fingerprint density at radius 3 is 2.53 bits per heavy atom. The summed E-state index contributed by atoms with van der Waals surface area (Å²) >= 11 is 0. The van der Waals surface area contributed by atoms with Gasteiger partial charge in [-0.2, -0.15) is 0 Å². The molecule has 0 aromatic carbocycles. The molecule has 0 heterocycles. The molecule has 15 heavy (non-hydrogen) atoms. The van der Waals surface area contributed by atoms with E-state index in [0.29, 0.717) is 19.8 Å². The number of hydrogen-bond donors (Lipinski definition) is 1. The molecule has 0 aliphatic carbocycles. The zero-order valence-electron chi connectivity index (χ0n) is 9.53. The Bertz CT molecular complexity index is 164. The summed E-state index contributed by atoms with van der Waals surface area (Å²) in [5, 5.41) is 0. The van der Waals surface area contributed by atoms with Gasteiger partial charge in [0.25, 0.3) is 0 Å². The van der Waals surface area contributed by atoms with Crippen LogP contribution >= 0.6 is 0 Å². The SMILES string of the molecule is CCC(N)CC(=O)OCCOCCOC. The van der Waals surface area contributed by atoms with Crippen LogP contribution in [0.5, 0.6) is 0 Å². The quantitative estimate of drug-likeness (QED) is 0.446. The molecular weight excluding hydrogens is 198 g/mol. The molecule has 90 valence electrons. The highest BCUT2D eigenvalue weighted by Gasteiger charge is 2.08. The van der Waals surface area contributed by atoms with Gasteiger partial charge >= 0.3 is 5.97 Å². The van der Waals surface area contributed by atoms with Crippen LogP contribution < -0.4 is 5.73 Å². The maximum atomic E-state index is 11.1. The molecule has 2 N–H and O–H groups in total. The lowest BCUT2D eigenvalue weighted by molar-refractivity contribution is -0.145. The van der Waals surface area contributed by atoms with E-state index >= 15 is 0 Å². The Balaban J connectivity index is 3.24. The van der Waals surface area contributed by atoms with Gasteiger partial charge in [-0.25, -0.2) is 0 Å². The van der Waals surface area contributed by atoms with Gasteiger partial charge in [0.1, 0.15) is 6.61 Å². The second-order valence-electron chi connectivity index (χ2n) is 3.20. The molecule has 0 aromatic rings. The summed E-state index contributed by atoms with van der Waals surface area (Å²) in [6, 6.07) is -0.105. The van der Waals surface area contributed by atoms with E-state index in [9.17, 15) is 4.79 Å². The van der Waals surface area contributed by atoms with Crippen LogP contribution in [0.4, 0.5) is 0 Å². The molecule has 0 radical (unpaired) electrons. The van der Waals surface area contributed by atoms with E-state index in [0.717, 1.165) is 6.42 Å². The van der Waals surface area contributed by atoms with E-state index < -0.39 is 0 Å². The summed E-state index contributed by atoms with van der Waals surface area (Å²) in [5.41, 5.74) is 5.60. The molecule has 0 rings (SSSR count). The van der Waals surface area contributed by atoms with E-state index in [4.69, 9.17) is 19.9 Å². The maximum absolute atomic E-state index is 11.1.